The van der Waals surface area contributed by atoms with Crippen molar-refractivity contribution in [2.24, 2.45) is 0 Å². The number of aromatic nitrogens is 2. The molecule has 0 fully saturated rings. The molecular formula is C9H8BrN3O4. The van der Waals surface area contributed by atoms with Crippen LogP contribution in [0, 0.1) is 0 Å². The molecule has 1 heterocycles. The number of carbonyl (C=O) groups excluding carboxylic acids is 1. The van der Waals surface area contributed by atoms with Crippen molar-refractivity contribution >= 4 is 33.8 Å². The molecule has 1 aromatic heterocycles. The Morgan fingerprint density at radius 1 is 1.65 bits per heavy atom. The number of carboxylic acid groups (broad SMARTS) is 1. The summed E-state index contributed by atoms with van der Waals surface area (Å²) in [6.07, 6.45) is 1.70. The van der Waals surface area contributed by atoms with Crippen LogP contribution in [-0.2, 0) is 4.74 Å². The number of halogens is 1. The minimum Gasteiger partial charge on any atom is -0.476 e. The summed E-state index contributed by atoms with van der Waals surface area (Å²) in [5, 5.41) is 10.9. The fourth-order valence-corrected chi connectivity index (χ4v) is 1.21. The van der Waals surface area contributed by atoms with Gasteiger partial charge in [0.25, 0.3) is 0 Å². The topological polar surface area (TPSA) is 101 Å². The van der Waals surface area contributed by atoms with Gasteiger partial charge in [-0.25, -0.2) is 19.6 Å². The first-order chi connectivity index (χ1) is 8.04. The molecule has 0 saturated carbocycles. The highest BCUT2D eigenvalue weighted by molar-refractivity contribution is 9.10. The van der Waals surface area contributed by atoms with Gasteiger partial charge in [0, 0.05) is 0 Å². The van der Waals surface area contributed by atoms with E-state index in [2.05, 4.69) is 42.5 Å². The Balaban J connectivity index is 2.75. The highest BCUT2D eigenvalue weighted by atomic mass is 79.9. The number of anilines is 1. The zero-order valence-electron chi connectivity index (χ0n) is 8.51. The van der Waals surface area contributed by atoms with E-state index in [1.54, 1.807) is 0 Å². The summed E-state index contributed by atoms with van der Waals surface area (Å²) >= 11 is 2.98. The molecule has 0 bridgehead atoms. The molecule has 1 rings (SSSR count). The van der Waals surface area contributed by atoms with E-state index in [-0.39, 0.29) is 22.7 Å². The number of amides is 1. The number of rotatable bonds is 4. The molecule has 0 saturated heterocycles. The van der Waals surface area contributed by atoms with E-state index in [1.807, 2.05) is 0 Å². The Labute approximate surface area is 105 Å². The number of nitrogens with one attached hydrogen (secondary N) is 1. The lowest BCUT2D eigenvalue weighted by molar-refractivity contribution is 0.0690. The van der Waals surface area contributed by atoms with E-state index >= 15 is 0 Å². The van der Waals surface area contributed by atoms with E-state index in [4.69, 9.17) is 5.11 Å². The third-order valence-corrected chi connectivity index (χ3v) is 2.05. The van der Waals surface area contributed by atoms with Crippen molar-refractivity contribution in [3.05, 3.63) is 29.1 Å². The average Bonchev–Trinajstić information content (AvgIpc) is 2.28. The summed E-state index contributed by atoms with van der Waals surface area (Å²) < 4.78 is 4.76. The normalized spacial score (nSPS) is 9.47. The van der Waals surface area contributed by atoms with E-state index in [0.717, 1.165) is 6.20 Å². The van der Waals surface area contributed by atoms with Gasteiger partial charge >= 0.3 is 12.1 Å². The molecule has 0 spiro atoms. The van der Waals surface area contributed by atoms with Gasteiger partial charge in [0.2, 0.25) is 0 Å². The lowest BCUT2D eigenvalue weighted by Crippen LogP contribution is -2.16. The molecule has 0 aliphatic carbocycles. The van der Waals surface area contributed by atoms with Gasteiger partial charge in [0.05, 0.1) is 6.20 Å². The van der Waals surface area contributed by atoms with Crippen LogP contribution in [0.15, 0.2) is 23.5 Å². The number of hydrogen-bond acceptors (Lipinski definition) is 5. The fraction of sp³-hybridized carbons (Fsp3) is 0.111. The first-order valence-corrected chi connectivity index (χ1v) is 5.14. The molecule has 0 unspecified atom stereocenters. The van der Waals surface area contributed by atoms with E-state index in [0.29, 0.717) is 0 Å². The molecule has 90 valence electrons. The molecule has 0 aromatic carbocycles. The van der Waals surface area contributed by atoms with Crippen LogP contribution in [0.4, 0.5) is 10.6 Å². The van der Waals surface area contributed by atoms with Crippen molar-refractivity contribution in [3.63, 3.8) is 0 Å². The van der Waals surface area contributed by atoms with Gasteiger partial charge in [-0.05, 0) is 15.9 Å². The van der Waals surface area contributed by atoms with Crippen molar-refractivity contribution in [2.45, 2.75) is 0 Å². The average molecular weight is 302 g/mol. The van der Waals surface area contributed by atoms with Gasteiger partial charge < -0.3 is 9.84 Å². The third kappa shape index (κ3) is 3.83. The maximum Gasteiger partial charge on any atom is 0.413 e. The fourth-order valence-electron chi connectivity index (χ4n) is 0.821. The van der Waals surface area contributed by atoms with Crippen molar-refractivity contribution < 1.29 is 19.4 Å². The van der Waals surface area contributed by atoms with Crippen molar-refractivity contribution in [1.29, 1.82) is 0 Å². The molecule has 17 heavy (non-hydrogen) atoms. The molecule has 7 nitrogen and oxygen atoms in total. The number of carbonyl (C=O) groups is 2. The standard InChI is InChI=1S/C9H8BrN3O4/c1-2-3-17-9(16)13-7-6(10)12-5(4-11-7)8(14)15/h2,4H,1,3H2,(H,14,15)(H,11,13,16). The van der Waals surface area contributed by atoms with Gasteiger partial charge in [0.15, 0.2) is 11.5 Å². The Hall–Kier alpha value is -1.96. The smallest absolute Gasteiger partial charge is 0.413 e. The highest BCUT2D eigenvalue weighted by Crippen LogP contribution is 2.17. The van der Waals surface area contributed by atoms with Crippen LogP contribution in [0.25, 0.3) is 0 Å². The Morgan fingerprint density at radius 2 is 2.35 bits per heavy atom. The number of carboxylic acids is 1. The van der Waals surface area contributed by atoms with E-state index < -0.39 is 12.1 Å². The van der Waals surface area contributed by atoms with Crippen molar-refractivity contribution in [3.8, 4) is 0 Å². The minimum absolute atomic E-state index is 0.0596. The second-order valence-electron chi connectivity index (χ2n) is 2.71. The number of aromatic carboxylic acids is 1. The van der Waals surface area contributed by atoms with Gasteiger partial charge in [-0.15, -0.1) is 0 Å². The third-order valence-electron chi connectivity index (χ3n) is 1.50. The molecule has 1 amide bonds. The second kappa shape index (κ2) is 5.94. The molecule has 2 N–H and O–H groups in total. The van der Waals surface area contributed by atoms with Crippen LogP contribution in [0.2, 0.25) is 0 Å². The molecule has 0 aliphatic heterocycles. The first kappa shape index (κ1) is 13.1. The van der Waals surface area contributed by atoms with Crippen LogP contribution >= 0.6 is 15.9 Å². The molecule has 8 heteroatoms. The predicted octanol–water partition coefficient (Wildman–Crippen LogP) is 1.67. The van der Waals surface area contributed by atoms with Gasteiger partial charge in [-0.2, -0.15) is 0 Å². The van der Waals surface area contributed by atoms with E-state index in [1.165, 1.54) is 6.08 Å². The summed E-state index contributed by atoms with van der Waals surface area (Å²) in [6, 6.07) is 0. The lowest BCUT2D eigenvalue weighted by atomic mass is 10.4. The van der Waals surface area contributed by atoms with Crippen LogP contribution in [-0.4, -0.2) is 33.7 Å². The van der Waals surface area contributed by atoms with Gasteiger partial charge in [-0.1, -0.05) is 12.7 Å². The maximum absolute atomic E-state index is 11.2. The summed E-state index contributed by atoms with van der Waals surface area (Å²) in [5.41, 5.74) is -0.234. The van der Waals surface area contributed by atoms with Crippen LogP contribution in [0.1, 0.15) is 10.5 Å². The SMILES string of the molecule is C=CCOC(=O)Nc1ncc(C(=O)O)nc1Br. The van der Waals surface area contributed by atoms with Crippen molar-refractivity contribution in [2.75, 3.05) is 11.9 Å². The minimum atomic E-state index is -1.21. The molecule has 0 atom stereocenters. The Bertz CT molecular complexity index is 464. The number of ether oxygens (including phenoxy) is 1. The summed E-state index contributed by atoms with van der Waals surface area (Å²) in [7, 11) is 0. The van der Waals surface area contributed by atoms with Crippen LogP contribution in [0.3, 0.4) is 0 Å². The van der Waals surface area contributed by atoms with Crippen molar-refractivity contribution in [1.82, 2.24) is 9.97 Å². The van der Waals surface area contributed by atoms with E-state index in [9.17, 15) is 9.59 Å². The molecule has 0 aliphatic rings. The quantitative estimate of drug-likeness (QED) is 0.820. The highest BCUT2D eigenvalue weighted by Gasteiger charge is 2.12. The van der Waals surface area contributed by atoms with Gasteiger partial charge in [-0.3, -0.25) is 5.32 Å². The number of nitrogens with zero attached hydrogens (tertiary/aromatic N) is 2. The summed E-state index contributed by atoms with van der Waals surface area (Å²) in [6.45, 7) is 3.44. The van der Waals surface area contributed by atoms with Crippen LogP contribution < -0.4 is 5.32 Å². The monoisotopic (exact) mass is 301 g/mol. The Kier molecular flexibility index (Phi) is 4.58. The van der Waals surface area contributed by atoms with Crippen LogP contribution in [0.5, 0.6) is 0 Å². The zero-order valence-corrected chi connectivity index (χ0v) is 10.1. The summed E-state index contributed by atoms with van der Waals surface area (Å²) in [4.78, 5) is 29.1. The molecular weight excluding hydrogens is 294 g/mol. The second-order valence-corrected chi connectivity index (χ2v) is 3.46. The predicted molar refractivity (Wildman–Crippen MR) is 61.9 cm³/mol. The summed E-state index contributed by atoms with van der Waals surface area (Å²) in [5.74, 6) is -1.14. The molecule has 0 radical (unpaired) electrons. The largest absolute Gasteiger partial charge is 0.476 e. The zero-order chi connectivity index (χ0) is 12.8. The Morgan fingerprint density at radius 3 is 2.88 bits per heavy atom. The first-order valence-electron chi connectivity index (χ1n) is 4.35. The maximum atomic E-state index is 11.2. The lowest BCUT2D eigenvalue weighted by Gasteiger charge is -2.05. The number of hydrogen-bond donors (Lipinski definition) is 2. The molecule has 1 aromatic rings. The van der Waals surface area contributed by atoms with Gasteiger partial charge in [0.1, 0.15) is 11.2 Å².